The molecule has 0 aliphatic carbocycles. The van der Waals surface area contributed by atoms with Crippen molar-refractivity contribution in [1.29, 1.82) is 0 Å². The third kappa shape index (κ3) is 1.67. The number of halogens is 1. The molecule has 0 saturated carbocycles. The van der Waals surface area contributed by atoms with Gasteiger partial charge >= 0.3 is 5.97 Å². The van der Waals surface area contributed by atoms with Gasteiger partial charge in [-0.3, -0.25) is 4.79 Å². The van der Waals surface area contributed by atoms with Crippen LogP contribution in [-0.2, 0) is 4.79 Å². The Labute approximate surface area is 94.9 Å². The predicted molar refractivity (Wildman–Crippen MR) is 56.3 cm³/mol. The number of carbonyl (C=O) groups is 1. The number of ether oxygens (including phenoxy) is 2. The molecule has 5 heteroatoms. The van der Waals surface area contributed by atoms with Gasteiger partial charge in [-0.1, -0.05) is 6.07 Å². The molecule has 1 unspecified atom stereocenters. The van der Waals surface area contributed by atoms with Gasteiger partial charge in [-0.25, -0.2) is 0 Å². The SMILES string of the molecule is CC(C(=O)O)c1ccc(Br)c2c1OCO2. The molecule has 0 saturated heterocycles. The molecule has 0 aromatic heterocycles. The molecule has 1 aliphatic rings. The summed E-state index contributed by atoms with van der Waals surface area (Å²) in [5.41, 5.74) is 0.637. The van der Waals surface area contributed by atoms with Crippen LogP contribution >= 0.6 is 15.9 Å². The molecule has 80 valence electrons. The average Bonchev–Trinajstić information content (AvgIpc) is 2.66. The molecule has 1 aliphatic heterocycles. The lowest BCUT2D eigenvalue weighted by atomic mass is 10.00. The molecule has 1 atom stereocenters. The molecule has 0 spiro atoms. The van der Waals surface area contributed by atoms with Gasteiger partial charge in [0.05, 0.1) is 10.4 Å². The minimum Gasteiger partial charge on any atom is -0.481 e. The van der Waals surface area contributed by atoms with Crippen molar-refractivity contribution in [3.05, 3.63) is 22.2 Å². The van der Waals surface area contributed by atoms with Crippen LogP contribution in [-0.4, -0.2) is 17.9 Å². The molecule has 1 aromatic rings. The van der Waals surface area contributed by atoms with E-state index in [0.29, 0.717) is 17.1 Å². The fourth-order valence-corrected chi connectivity index (χ4v) is 1.89. The predicted octanol–water partition coefficient (Wildman–Crippen LogP) is 2.37. The first-order valence-corrected chi connectivity index (χ1v) is 5.21. The largest absolute Gasteiger partial charge is 0.481 e. The zero-order valence-electron chi connectivity index (χ0n) is 7.99. The molecule has 1 heterocycles. The molecular weight excluding hydrogens is 264 g/mol. The van der Waals surface area contributed by atoms with Crippen LogP contribution in [0.1, 0.15) is 18.4 Å². The highest BCUT2D eigenvalue weighted by Gasteiger charge is 2.26. The number of carboxylic acids is 1. The summed E-state index contributed by atoms with van der Waals surface area (Å²) in [5.74, 6) is -0.372. The molecule has 1 aromatic carbocycles. The Morgan fingerprint density at radius 2 is 2.13 bits per heavy atom. The fourth-order valence-electron chi connectivity index (χ4n) is 1.46. The van der Waals surface area contributed by atoms with Crippen LogP contribution in [0.5, 0.6) is 11.5 Å². The lowest BCUT2D eigenvalue weighted by Crippen LogP contribution is -2.08. The summed E-state index contributed by atoms with van der Waals surface area (Å²) in [6, 6.07) is 3.50. The minimum atomic E-state index is -0.880. The van der Waals surface area contributed by atoms with E-state index >= 15 is 0 Å². The number of hydrogen-bond acceptors (Lipinski definition) is 3. The van der Waals surface area contributed by atoms with Gasteiger partial charge in [0.1, 0.15) is 0 Å². The van der Waals surface area contributed by atoms with E-state index in [2.05, 4.69) is 15.9 Å². The third-order valence-corrected chi connectivity index (χ3v) is 2.96. The maximum Gasteiger partial charge on any atom is 0.310 e. The summed E-state index contributed by atoms with van der Waals surface area (Å²) in [6.45, 7) is 1.75. The summed E-state index contributed by atoms with van der Waals surface area (Å²) >= 11 is 3.32. The number of hydrogen-bond donors (Lipinski definition) is 1. The Bertz CT molecular complexity index is 416. The summed E-state index contributed by atoms with van der Waals surface area (Å²) in [7, 11) is 0. The second-order valence-electron chi connectivity index (χ2n) is 3.26. The van der Waals surface area contributed by atoms with Crippen molar-refractivity contribution >= 4 is 21.9 Å². The molecule has 15 heavy (non-hydrogen) atoms. The molecule has 1 N–H and O–H groups in total. The Morgan fingerprint density at radius 1 is 1.47 bits per heavy atom. The van der Waals surface area contributed by atoms with Gasteiger partial charge in [0, 0.05) is 5.56 Å². The van der Waals surface area contributed by atoms with Crippen molar-refractivity contribution < 1.29 is 19.4 Å². The summed E-state index contributed by atoms with van der Waals surface area (Å²) in [5, 5.41) is 8.93. The van der Waals surface area contributed by atoms with Crippen LogP contribution in [0.2, 0.25) is 0 Å². The maximum atomic E-state index is 10.9. The van der Waals surface area contributed by atoms with Crippen LogP contribution in [0.3, 0.4) is 0 Å². The van der Waals surface area contributed by atoms with Crippen LogP contribution in [0.15, 0.2) is 16.6 Å². The summed E-state index contributed by atoms with van der Waals surface area (Å²) < 4.78 is 11.3. The van der Waals surface area contributed by atoms with Crippen LogP contribution < -0.4 is 9.47 Å². The summed E-state index contributed by atoms with van der Waals surface area (Å²) in [6.07, 6.45) is 0. The van der Waals surface area contributed by atoms with Gasteiger partial charge in [-0.15, -0.1) is 0 Å². The third-order valence-electron chi connectivity index (χ3n) is 2.34. The van der Waals surface area contributed by atoms with Crippen molar-refractivity contribution in [2.45, 2.75) is 12.8 Å². The van der Waals surface area contributed by atoms with Gasteiger partial charge in [0.25, 0.3) is 0 Å². The normalized spacial score (nSPS) is 15.1. The van der Waals surface area contributed by atoms with Gasteiger partial charge in [0.2, 0.25) is 6.79 Å². The number of rotatable bonds is 2. The zero-order chi connectivity index (χ0) is 11.0. The highest BCUT2D eigenvalue weighted by molar-refractivity contribution is 9.10. The Balaban J connectivity index is 2.50. The minimum absolute atomic E-state index is 0.136. The molecule has 0 fully saturated rings. The lowest BCUT2D eigenvalue weighted by Gasteiger charge is -2.10. The first kappa shape index (κ1) is 10.3. The monoisotopic (exact) mass is 272 g/mol. The van der Waals surface area contributed by atoms with Crippen molar-refractivity contribution in [3.63, 3.8) is 0 Å². The van der Waals surface area contributed by atoms with E-state index in [4.69, 9.17) is 14.6 Å². The van der Waals surface area contributed by atoms with Crippen molar-refractivity contribution in [2.75, 3.05) is 6.79 Å². The smallest absolute Gasteiger partial charge is 0.310 e. The topological polar surface area (TPSA) is 55.8 Å². The van der Waals surface area contributed by atoms with E-state index in [1.165, 1.54) is 0 Å². The van der Waals surface area contributed by atoms with Crippen LogP contribution in [0.25, 0.3) is 0 Å². The standard InChI is InChI=1S/C10H9BrO4/c1-5(10(12)13)6-2-3-7(11)9-8(6)14-4-15-9/h2-3,5H,4H2,1H3,(H,12,13). The Kier molecular flexibility index (Phi) is 2.56. The van der Waals surface area contributed by atoms with Gasteiger partial charge in [-0.2, -0.15) is 0 Å². The van der Waals surface area contributed by atoms with E-state index in [1.54, 1.807) is 19.1 Å². The fraction of sp³-hybridized carbons (Fsp3) is 0.300. The molecular formula is C10H9BrO4. The van der Waals surface area contributed by atoms with Gasteiger partial charge < -0.3 is 14.6 Å². The summed E-state index contributed by atoms with van der Waals surface area (Å²) in [4.78, 5) is 10.9. The van der Waals surface area contributed by atoms with Gasteiger partial charge in [-0.05, 0) is 28.9 Å². The molecule has 0 radical (unpaired) electrons. The second-order valence-corrected chi connectivity index (χ2v) is 4.12. The second kappa shape index (κ2) is 3.73. The average molecular weight is 273 g/mol. The van der Waals surface area contributed by atoms with Crippen LogP contribution in [0, 0.1) is 0 Å². The maximum absolute atomic E-state index is 10.9. The zero-order valence-corrected chi connectivity index (χ0v) is 9.58. The van der Waals surface area contributed by atoms with E-state index in [-0.39, 0.29) is 6.79 Å². The molecule has 0 amide bonds. The lowest BCUT2D eigenvalue weighted by molar-refractivity contribution is -0.138. The number of fused-ring (bicyclic) bond motifs is 1. The van der Waals surface area contributed by atoms with E-state index in [0.717, 1.165) is 4.47 Å². The van der Waals surface area contributed by atoms with Crippen molar-refractivity contribution in [2.24, 2.45) is 0 Å². The van der Waals surface area contributed by atoms with E-state index in [9.17, 15) is 4.79 Å². The van der Waals surface area contributed by atoms with Crippen LogP contribution in [0.4, 0.5) is 0 Å². The number of carboxylic acid groups (broad SMARTS) is 1. The first-order valence-electron chi connectivity index (χ1n) is 4.42. The van der Waals surface area contributed by atoms with Crippen molar-refractivity contribution in [1.82, 2.24) is 0 Å². The Morgan fingerprint density at radius 3 is 2.80 bits per heavy atom. The first-order chi connectivity index (χ1) is 7.11. The quantitative estimate of drug-likeness (QED) is 0.898. The number of benzene rings is 1. The van der Waals surface area contributed by atoms with Crippen molar-refractivity contribution in [3.8, 4) is 11.5 Å². The molecule has 4 nitrogen and oxygen atoms in total. The highest BCUT2D eigenvalue weighted by atomic mass is 79.9. The number of aliphatic carboxylic acids is 1. The van der Waals surface area contributed by atoms with E-state index in [1.807, 2.05) is 0 Å². The van der Waals surface area contributed by atoms with E-state index < -0.39 is 11.9 Å². The highest BCUT2D eigenvalue weighted by Crippen LogP contribution is 2.44. The van der Waals surface area contributed by atoms with Gasteiger partial charge in [0.15, 0.2) is 11.5 Å². The molecule has 2 rings (SSSR count). The Hall–Kier alpha value is -1.23. The molecule has 0 bridgehead atoms.